The summed E-state index contributed by atoms with van der Waals surface area (Å²) in [7, 11) is 1.64. The number of nitrogens with one attached hydrogen (secondary N) is 2. The smallest absolute Gasteiger partial charge is 0.417 e. The van der Waals surface area contributed by atoms with Gasteiger partial charge in [0.05, 0.1) is 6.54 Å². The summed E-state index contributed by atoms with van der Waals surface area (Å²) < 4.78 is 0. The highest BCUT2D eigenvalue weighted by molar-refractivity contribution is 7.80. The molecular formula is C11H14N4O4S. The number of hydrogen-bond acceptors (Lipinski definition) is 4. The minimum Gasteiger partial charge on any atom is -0.465 e. The zero-order chi connectivity index (χ0) is 15.3. The highest BCUT2D eigenvalue weighted by atomic mass is 32.1. The first-order valence-electron chi connectivity index (χ1n) is 5.45. The molecule has 0 aliphatic rings. The zero-order valence-electron chi connectivity index (χ0n) is 10.6. The molecule has 0 atom stereocenters. The zero-order valence-corrected chi connectivity index (χ0v) is 11.4. The van der Waals surface area contributed by atoms with Crippen LogP contribution in [0, 0.1) is 0 Å². The van der Waals surface area contributed by atoms with Crippen molar-refractivity contribution in [2.24, 2.45) is 5.73 Å². The maximum Gasteiger partial charge on any atom is 0.417 e. The van der Waals surface area contributed by atoms with E-state index in [-0.39, 0.29) is 16.6 Å². The first-order chi connectivity index (χ1) is 9.35. The van der Waals surface area contributed by atoms with Crippen molar-refractivity contribution in [1.82, 2.24) is 4.90 Å². The summed E-state index contributed by atoms with van der Waals surface area (Å²) in [5, 5.41) is 23.3. The molecule has 0 saturated carbocycles. The average Bonchev–Trinajstić information content (AvgIpc) is 2.34. The molecule has 20 heavy (non-hydrogen) atoms. The van der Waals surface area contributed by atoms with Crippen LogP contribution in [0.3, 0.4) is 0 Å². The van der Waals surface area contributed by atoms with E-state index in [1.807, 2.05) is 0 Å². The summed E-state index contributed by atoms with van der Waals surface area (Å²) in [6.07, 6.45) is -3.10. The SMILES string of the molecule is CNc1ccc(NC(N)=S)cc1CN(C(=O)O)C(=O)O. The number of nitrogens with two attached hydrogens (primary N) is 1. The number of imide groups is 1. The Morgan fingerprint density at radius 2 is 1.95 bits per heavy atom. The van der Waals surface area contributed by atoms with E-state index in [0.29, 0.717) is 16.9 Å². The summed E-state index contributed by atoms with van der Waals surface area (Å²) >= 11 is 4.71. The Labute approximate surface area is 120 Å². The summed E-state index contributed by atoms with van der Waals surface area (Å²) in [6.45, 7) is -0.312. The third kappa shape index (κ3) is 3.99. The minimum absolute atomic E-state index is 0.0569. The molecule has 0 saturated heterocycles. The molecule has 0 radical (unpaired) electrons. The number of amides is 2. The molecule has 1 rings (SSSR count). The van der Waals surface area contributed by atoms with Crippen molar-refractivity contribution >= 4 is 40.9 Å². The van der Waals surface area contributed by atoms with Gasteiger partial charge in [-0.3, -0.25) is 0 Å². The highest BCUT2D eigenvalue weighted by Gasteiger charge is 2.21. The Morgan fingerprint density at radius 3 is 2.40 bits per heavy atom. The Kier molecular flexibility index (Phi) is 5.09. The lowest BCUT2D eigenvalue weighted by Gasteiger charge is -2.17. The van der Waals surface area contributed by atoms with Gasteiger partial charge >= 0.3 is 12.2 Å². The van der Waals surface area contributed by atoms with Gasteiger partial charge in [0, 0.05) is 18.4 Å². The van der Waals surface area contributed by atoms with E-state index >= 15 is 0 Å². The van der Waals surface area contributed by atoms with E-state index in [1.165, 1.54) is 0 Å². The van der Waals surface area contributed by atoms with E-state index in [0.717, 1.165) is 0 Å². The Morgan fingerprint density at radius 1 is 1.35 bits per heavy atom. The number of nitrogens with zero attached hydrogens (tertiary/aromatic N) is 1. The van der Waals surface area contributed by atoms with Gasteiger partial charge in [-0.1, -0.05) is 0 Å². The molecule has 0 bridgehead atoms. The standard InChI is InChI=1S/C11H14N4O4S/c1-13-8-3-2-7(14-9(12)20)4-6(8)5-15(10(16)17)11(18)19/h2-4,13H,5H2,1H3,(H,16,17)(H,18,19)(H3,12,14,20). The van der Waals surface area contributed by atoms with E-state index in [4.69, 9.17) is 28.2 Å². The molecule has 1 aromatic rings. The van der Waals surface area contributed by atoms with Crippen LogP contribution in [0.2, 0.25) is 0 Å². The molecule has 0 fully saturated rings. The number of benzene rings is 1. The second-order valence-electron chi connectivity index (χ2n) is 3.76. The lowest BCUT2D eigenvalue weighted by Crippen LogP contribution is -2.34. The lowest BCUT2D eigenvalue weighted by atomic mass is 10.1. The summed E-state index contributed by atoms with van der Waals surface area (Å²) in [5.41, 5.74) is 6.97. The van der Waals surface area contributed by atoms with Gasteiger partial charge in [0.25, 0.3) is 0 Å². The molecule has 0 unspecified atom stereocenters. The van der Waals surface area contributed by atoms with Gasteiger partial charge in [-0.15, -0.1) is 0 Å². The average molecular weight is 298 g/mol. The third-order valence-corrected chi connectivity index (χ3v) is 2.53. The van der Waals surface area contributed by atoms with Crippen LogP contribution in [0.1, 0.15) is 5.56 Å². The normalized spacial score (nSPS) is 9.65. The van der Waals surface area contributed by atoms with Gasteiger partial charge in [0.1, 0.15) is 0 Å². The third-order valence-electron chi connectivity index (χ3n) is 2.43. The van der Waals surface area contributed by atoms with Crippen molar-refractivity contribution < 1.29 is 19.8 Å². The van der Waals surface area contributed by atoms with Crippen LogP contribution in [0.15, 0.2) is 18.2 Å². The molecular weight excluding hydrogens is 284 g/mol. The van der Waals surface area contributed by atoms with E-state index in [9.17, 15) is 9.59 Å². The number of anilines is 2. The number of rotatable bonds is 4. The lowest BCUT2D eigenvalue weighted by molar-refractivity contribution is 0.120. The fourth-order valence-corrected chi connectivity index (χ4v) is 1.69. The van der Waals surface area contributed by atoms with Gasteiger partial charge in [0.2, 0.25) is 0 Å². The van der Waals surface area contributed by atoms with Crippen LogP contribution in [-0.2, 0) is 6.54 Å². The van der Waals surface area contributed by atoms with Crippen LogP contribution >= 0.6 is 12.2 Å². The van der Waals surface area contributed by atoms with Gasteiger partial charge in [0.15, 0.2) is 5.11 Å². The predicted molar refractivity (Wildman–Crippen MR) is 78.0 cm³/mol. The quantitative estimate of drug-likeness (QED) is 0.530. The van der Waals surface area contributed by atoms with E-state index in [1.54, 1.807) is 25.2 Å². The fourth-order valence-electron chi connectivity index (χ4n) is 1.58. The Balaban J connectivity index is 3.09. The van der Waals surface area contributed by atoms with Crippen LogP contribution in [0.5, 0.6) is 0 Å². The Hall–Kier alpha value is -2.55. The maximum atomic E-state index is 10.9. The van der Waals surface area contributed by atoms with Gasteiger partial charge in [-0.05, 0) is 36.0 Å². The van der Waals surface area contributed by atoms with E-state index < -0.39 is 12.2 Å². The topological polar surface area (TPSA) is 128 Å². The molecule has 0 aromatic heterocycles. The molecule has 0 heterocycles. The predicted octanol–water partition coefficient (Wildman–Crippen LogP) is 1.54. The number of carboxylic acid groups (broad SMARTS) is 2. The van der Waals surface area contributed by atoms with E-state index in [2.05, 4.69) is 10.6 Å². The molecule has 1 aromatic carbocycles. The second kappa shape index (κ2) is 6.57. The highest BCUT2D eigenvalue weighted by Crippen LogP contribution is 2.22. The Bertz CT molecular complexity index is 535. The van der Waals surface area contributed by atoms with Crippen LogP contribution in [-0.4, -0.2) is 39.5 Å². The van der Waals surface area contributed by atoms with Crippen molar-refractivity contribution in [3.63, 3.8) is 0 Å². The number of thiocarbonyl (C=S) groups is 1. The molecule has 0 aliphatic carbocycles. The first kappa shape index (κ1) is 15.5. The van der Waals surface area contributed by atoms with Gasteiger partial charge in [-0.2, -0.15) is 0 Å². The second-order valence-corrected chi connectivity index (χ2v) is 4.20. The monoisotopic (exact) mass is 298 g/mol. The van der Waals surface area contributed by atoms with Crippen molar-refractivity contribution in [3.8, 4) is 0 Å². The molecule has 108 valence electrons. The summed E-state index contributed by atoms with van der Waals surface area (Å²) in [4.78, 5) is 22.0. The van der Waals surface area contributed by atoms with Crippen molar-refractivity contribution in [2.45, 2.75) is 6.54 Å². The van der Waals surface area contributed by atoms with Crippen molar-refractivity contribution in [3.05, 3.63) is 23.8 Å². The maximum absolute atomic E-state index is 10.9. The first-order valence-corrected chi connectivity index (χ1v) is 5.86. The van der Waals surface area contributed by atoms with Gasteiger partial charge in [-0.25, -0.2) is 14.5 Å². The molecule has 9 heteroatoms. The molecule has 0 spiro atoms. The fraction of sp³-hybridized carbons (Fsp3) is 0.182. The van der Waals surface area contributed by atoms with Crippen molar-refractivity contribution in [2.75, 3.05) is 17.7 Å². The summed E-state index contributed by atoms with van der Waals surface area (Å²) in [6, 6.07) is 4.92. The molecule has 2 amide bonds. The summed E-state index contributed by atoms with van der Waals surface area (Å²) in [5.74, 6) is 0. The molecule has 0 aliphatic heterocycles. The largest absolute Gasteiger partial charge is 0.465 e. The van der Waals surface area contributed by atoms with Crippen LogP contribution < -0.4 is 16.4 Å². The number of carbonyl (C=O) groups is 2. The minimum atomic E-state index is -1.55. The number of hydrogen-bond donors (Lipinski definition) is 5. The van der Waals surface area contributed by atoms with Crippen LogP contribution in [0.4, 0.5) is 21.0 Å². The molecule has 8 nitrogen and oxygen atoms in total. The van der Waals surface area contributed by atoms with Crippen LogP contribution in [0.25, 0.3) is 0 Å². The van der Waals surface area contributed by atoms with Crippen molar-refractivity contribution in [1.29, 1.82) is 0 Å². The molecule has 6 N–H and O–H groups in total. The van der Waals surface area contributed by atoms with Gasteiger partial charge < -0.3 is 26.6 Å².